The minimum atomic E-state index is -0.656. The van der Waals surface area contributed by atoms with Crippen LogP contribution in [0.3, 0.4) is 0 Å². The second-order valence-electron chi connectivity index (χ2n) is 10.9. The van der Waals surface area contributed by atoms with Crippen molar-refractivity contribution in [1.82, 2.24) is 0 Å². The quantitative estimate of drug-likeness (QED) is 0.298. The molecule has 34 heavy (non-hydrogen) atoms. The minimum absolute atomic E-state index is 0.0190. The molecule has 1 saturated heterocycles. The van der Waals surface area contributed by atoms with Crippen LogP contribution in [0.5, 0.6) is 0 Å². The molecule has 2 nitrogen and oxygen atoms in total. The number of benzene rings is 1. The van der Waals surface area contributed by atoms with E-state index in [9.17, 15) is 4.39 Å². The lowest BCUT2D eigenvalue weighted by molar-refractivity contribution is 0.00336. The van der Waals surface area contributed by atoms with Crippen molar-refractivity contribution in [1.29, 1.82) is 0 Å². The number of epoxide rings is 1. The van der Waals surface area contributed by atoms with E-state index in [1.165, 1.54) is 0 Å². The fourth-order valence-corrected chi connectivity index (χ4v) is 6.38. The molecule has 3 unspecified atom stereocenters. The smallest absolute Gasteiger partial charge is 0.162 e. The third kappa shape index (κ3) is 5.31. The van der Waals surface area contributed by atoms with E-state index in [-0.39, 0.29) is 41.7 Å². The van der Waals surface area contributed by atoms with Crippen LogP contribution >= 0.6 is 0 Å². The van der Waals surface area contributed by atoms with Crippen molar-refractivity contribution < 1.29 is 22.6 Å². The summed E-state index contributed by atoms with van der Waals surface area (Å²) in [5, 5.41) is 0. The average molecular weight is 475 g/mol. The maximum atomic E-state index is 15.1. The van der Waals surface area contributed by atoms with Crippen LogP contribution < -0.4 is 0 Å². The van der Waals surface area contributed by atoms with Gasteiger partial charge in [-0.1, -0.05) is 18.2 Å². The molecule has 1 aromatic carbocycles. The molecule has 3 atom stereocenters. The molecular formula is C29H37F3O2. The fourth-order valence-electron chi connectivity index (χ4n) is 6.38. The monoisotopic (exact) mass is 474 g/mol. The van der Waals surface area contributed by atoms with Crippen LogP contribution in [0.1, 0.15) is 87.2 Å². The van der Waals surface area contributed by atoms with E-state index < -0.39 is 11.6 Å². The third-order valence-electron chi connectivity index (χ3n) is 8.78. The van der Waals surface area contributed by atoms with E-state index in [0.29, 0.717) is 23.7 Å². The largest absolute Gasteiger partial charge is 0.377 e. The van der Waals surface area contributed by atoms with Crippen LogP contribution in [-0.2, 0) is 9.47 Å². The van der Waals surface area contributed by atoms with Gasteiger partial charge in [-0.3, -0.25) is 0 Å². The molecule has 0 aromatic heterocycles. The predicted molar refractivity (Wildman–Crippen MR) is 127 cm³/mol. The molecule has 0 radical (unpaired) electrons. The van der Waals surface area contributed by atoms with Crippen molar-refractivity contribution in [3.8, 4) is 0 Å². The molecule has 5 heteroatoms. The Balaban J connectivity index is 1.12. The first-order valence-electron chi connectivity index (χ1n) is 13.2. The second-order valence-corrected chi connectivity index (χ2v) is 10.9. The Morgan fingerprint density at radius 3 is 1.97 bits per heavy atom. The number of hydrogen-bond donors (Lipinski definition) is 0. The summed E-state index contributed by atoms with van der Waals surface area (Å²) in [6.45, 7) is 5.02. The van der Waals surface area contributed by atoms with Gasteiger partial charge < -0.3 is 9.47 Å². The minimum Gasteiger partial charge on any atom is -0.377 e. The van der Waals surface area contributed by atoms with Gasteiger partial charge in [0.05, 0.1) is 25.4 Å². The van der Waals surface area contributed by atoms with E-state index >= 15 is 8.78 Å². The van der Waals surface area contributed by atoms with E-state index in [1.807, 2.05) is 18.2 Å². The Morgan fingerprint density at radius 2 is 1.44 bits per heavy atom. The number of hydrogen-bond acceptors (Lipinski definition) is 2. The number of rotatable bonds is 7. The summed E-state index contributed by atoms with van der Waals surface area (Å²) in [5.41, 5.74) is 1.05. The zero-order valence-corrected chi connectivity index (χ0v) is 20.0. The van der Waals surface area contributed by atoms with Gasteiger partial charge in [-0.05, 0) is 99.2 Å². The first-order chi connectivity index (χ1) is 16.5. The molecule has 0 spiro atoms. The molecule has 5 rings (SSSR count). The Labute approximate surface area is 201 Å². The SMILES string of the molecule is C=CC1CCC(c2ccc(C3CCC(OCC4CCC(C5CO5)C=C4F)CC3)c(F)c2F)CC1. The van der Waals surface area contributed by atoms with E-state index in [0.717, 1.165) is 70.8 Å². The fraction of sp³-hybridized carbons (Fsp3) is 0.655. The molecule has 186 valence electrons. The summed E-state index contributed by atoms with van der Waals surface area (Å²) in [4.78, 5) is 0. The molecule has 0 N–H and O–H groups in total. The molecule has 4 aliphatic rings. The van der Waals surface area contributed by atoms with Gasteiger partial charge in [-0.2, -0.15) is 0 Å². The lowest BCUT2D eigenvalue weighted by Gasteiger charge is -2.32. The van der Waals surface area contributed by atoms with Crippen molar-refractivity contribution >= 4 is 0 Å². The highest BCUT2D eigenvalue weighted by Gasteiger charge is 2.36. The Morgan fingerprint density at radius 1 is 0.853 bits per heavy atom. The molecule has 0 bridgehead atoms. The van der Waals surface area contributed by atoms with E-state index in [1.54, 1.807) is 6.08 Å². The van der Waals surface area contributed by atoms with Gasteiger partial charge in [0.15, 0.2) is 11.6 Å². The maximum absolute atomic E-state index is 15.1. The van der Waals surface area contributed by atoms with Gasteiger partial charge in [0.25, 0.3) is 0 Å². The molecular weight excluding hydrogens is 437 g/mol. The summed E-state index contributed by atoms with van der Waals surface area (Å²) in [5.74, 6) is -0.680. The van der Waals surface area contributed by atoms with Crippen molar-refractivity contribution in [2.24, 2.45) is 17.8 Å². The maximum Gasteiger partial charge on any atom is 0.162 e. The lowest BCUT2D eigenvalue weighted by atomic mass is 9.77. The lowest BCUT2D eigenvalue weighted by Crippen LogP contribution is -2.26. The molecule has 1 heterocycles. The molecule has 1 aromatic rings. The van der Waals surface area contributed by atoms with E-state index in [4.69, 9.17) is 9.47 Å². The van der Waals surface area contributed by atoms with Gasteiger partial charge in [0, 0.05) is 11.8 Å². The van der Waals surface area contributed by atoms with Gasteiger partial charge in [0.1, 0.15) is 5.83 Å². The first kappa shape index (κ1) is 24.1. The first-order valence-corrected chi connectivity index (χ1v) is 13.2. The van der Waals surface area contributed by atoms with Crippen molar-refractivity contribution in [3.63, 3.8) is 0 Å². The van der Waals surface area contributed by atoms with Crippen LogP contribution in [0.2, 0.25) is 0 Å². The van der Waals surface area contributed by atoms with Crippen LogP contribution in [0, 0.1) is 29.4 Å². The molecule has 0 amide bonds. The Kier molecular flexibility index (Phi) is 7.50. The van der Waals surface area contributed by atoms with Crippen molar-refractivity contribution in [2.75, 3.05) is 13.2 Å². The van der Waals surface area contributed by atoms with Gasteiger partial charge in [0.2, 0.25) is 0 Å². The zero-order valence-electron chi connectivity index (χ0n) is 20.0. The summed E-state index contributed by atoms with van der Waals surface area (Å²) in [7, 11) is 0. The van der Waals surface area contributed by atoms with Crippen molar-refractivity contribution in [2.45, 2.75) is 88.3 Å². The normalized spacial score (nSPS) is 36.1. The number of halogens is 3. The summed E-state index contributed by atoms with van der Waals surface area (Å²) in [6.07, 6.45) is 12.7. The molecule has 2 saturated carbocycles. The average Bonchev–Trinajstić information content (AvgIpc) is 3.71. The third-order valence-corrected chi connectivity index (χ3v) is 8.78. The zero-order chi connectivity index (χ0) is 23.7. The predicted octanol–water partition coefficient (Wildman–Crippen LogP) is 7.75. The van der Waals surface area contributed by atoms with Crippen LogP contribution in [0.25, 0.3) is 0 Å². The highest BCUT2D eigenvalue weighted by atomic mass is 19.2. The highest BCUT2D eigenvalue weighted by Crippen LogP contribution is 2.41. The van der Waals surface area contributed by atoms with E-state index in [2.05, 4.69) is 6.58 Å². The van der Waals surface area contributed by atoms with Gasteiger partial charge >= 0.3 is 0 Å². The number of allylic oxidation sites excluding steroid dienone is 1. The van der Waals surface area contributed by atoms with Crippen LogP contribution in [0.4, 0.5) is 13.2 Å². The van der Waals surface area contributed by atoms with Crippen molar-refractivity contribution in [3.05, 3.63) is 59.5 Å². The highest BCUT2D eigenvalue weighted by molar-refractivity contribution is 5.32. The summed E-state index contributed by atoms with van der Waals surface area (Å²) >= 11 is 0. The summed E-state index contributed by atoms with van der Waals surface area (Å²) in [6, 6.07) is 3.65. The Bertz CT molecular complexity index is 893. The molecule has 3 aliphatic carbocycles. The number of ether oxygens (including phenoxy) is 2. The van der Waals surface area contributed by atoms with Gasteiger partial charge in [-0.25, -0.2) is 13.2 Å². The van der Waals surface area contributed by atoms with Crippen LogP contribution in [-0.4, -0.2) is 25.4 Å². The topological polar surface area (TPSA) is 21.8 Å². The second kappa shape index (κ2) is 10.6. The Hall–Kier alpha value is -1.59. The molecule has 3 fully saturated rings. The van der Waals surface area contributed by atoms with Gasteiger partial charge in [-0.15, -0.1) is 6.58 Å². The van der Waals surface area contributed by atoms with Crippen LogP contribution in [0.15, 0.2) is 36.7 Å². The molecule has 1 aliphatic heterocycles. The summed E-state index contributed by atoms with van der Waals surface area (Å²) < 4.78 is 55.9. The standard InChI is InChI=1S/C29H37F3O2/c1-2-18-3-5-19(6-4-18)24-13-14-25(29(32)28(24)31)20-9-11-23(12-10-20)33-16-22-8-7-21(15-26(22)30)27-17-34-27/h2,13-15,18-23,27H,1,3-12,16-17H2.